The minimum absolute atomic E-state index is 0.518. The van der Waals surface area contributed by atoms with Crippen molar-refractivity contribution in [3.8, 4) is 12.3 Å². The molecular weight excluding hydrogens is 198 g/mol. The van der Waals surface area contributed by atoms with Gasteiger partial charge < -0.3 is 10.7 Å². The summed E-state index contributed by atoms with van der Waals surface area (Å²) < 4.78 is 0. The van der Waals surface area contributed by atoms with E-state index in [1.54, 1.807) is 0 Å². The van der Waals surface area contributed by atoms with Crippen molar-refractivity contribution in [1.82, 2.24) is 9.97 Å². The average molecular weight is 219 g/mol. The Morgan fingerprint density at radius 1 is 1.19 bits per heavy atom. The van der Waals surface area contributed by atoms with Crippen LogP contribution in [0.2, 0.25) is 0 Å². The van der Waals surface area contributed by atoms with E-state index in [1.807, 2.05) is 6.20 Å². The third kappa shape index (κ3) is 5.45. The Morgan fingerprint density at radius 2 is 1.88 bits per heavy atom. The Kier molecular flexibility index (Phi) is 6.17. The van der Waals surface area contributed by atoms with Crippen LogP contribution in [-0.2, 0) is 6.42 Å². The lowest BCUT2D eigenvalue weighted by Gasteiger charge is -1.99. The molecule has 3 nitrogen and oxygen atoms in total. The summed E-state index contributed by atoms with van der Waals surface area (Å²) in [5.41, 5.74) is 6.57. The summed E-state index contributed by atoms with van der Waals surface area (Å²) in [5, 5.41) is 0. The molecule has 1 aromatic rings. The minimum Gasteiger partial charge on any atom is -0.369 e. The molecular formula is C13H21N3. The predicted molar refractivity (Wildman–Crippen MR) is 67.9 cm³/mol. The average Bonchev–Trinajstić information content (AvgIpc) is 2.68. The highest BCUT2D eigenvalue weighted by molar-refractivity contribution is 5.18. The third-order valence-corrected chi connectivity index (χ3v) is 2.65. The summed E-state index contributed by atoms with van der Waals surface area (Å²) in [6, 6.07) is 0. The number of imidazole rings is 1. The first-order valence-corrected chi connectivity index (χ1v) is 6.06. The lowest BCUT2D eigenvalue weighted by Crippen LogP contribution is -1.89. The first-order valence-electron chi connectivity index (χ1n) is 6.06. The van der Waals surface area contributed by atoms with Crippen molar-refractivity contribution >= 4 is 5.95 Å². The number of aryl methyl sites for hydroxylation is 1. The molecule has 1 heterocycles. The second kappa shape index (κ2) is 7.81. The molecule has 3 N–H and O–H groups in total. The lowest BCUT2D eigenvalue weighted by molar-refractivity contribution is 0.597. The first kappa shape index (κ1) is 12.6. The van der Waals surface area contributed by atoms with Crippen LogP contribution in [0.25, 0.3) is 0 Å². The van der Waals surface area contributed by atoms with Crippen molar-refractivity contribution in [2.24, 2.45) is 0 Å². The van der Waals surface area contributed by atoms with Crippen LogP contribution in [0.15, 0.2) is 6.20 Å². The molecule has 0 atom stereocenters. The molecule has 88 valence electrons. The SMILES string of the molecule is C#CCCCCCCCCc1c[nH]c(N)n1. The number of aromatic amines is 1. The number of unbranched alkanes of at least 4 members (excludes halogenated alkanes) is 6. The van der Waals surface area contributed by atoms with Crippen LogP contribution in [-0.4, -0.2) is 9.97 Å². The van der Waals surface area contributed by atoms with Crippen LogP contribution in [0.5, 0.6) is 0 Å². The van der Waals surface area contributed by atoms with E-state index in [4.69, 9.17) is 12.2 Å². The molecule has 0 saturated carbocycles. The Labute approximate surface area is 97.8 Å². The van der Waals surface area contributed by atoms with Crippen LogP contribution in [0.1, 0.15) is 50.6 Å². The molecule has 1 aromatic heterocycles. The Balaban J connectivity index is 1.91. The maximum atomic E-state index is 5.49. The van der Waals surface area contributed by atoms with Gasteiger partial charge in [0, 0.05) is 12.6 Å². The molecule has 0 unspecified atom stereocenters. The van der Waals surface area contributed by atoms with E-state index in [0.29, 0.717) is 5.95 Å². The van der Waals surface area contributed by atoms with Gasteiger partial charge in [-0.3, -0.25) is 0 Å². The Morgan fingerprint density at radius 3 is 2.50 bits per heavy atom. The zero-order chi connectivity index (χ0) is 11.6. The Hall–Kier alpha value is -1.43. The summed E-state index contributed by atoms with van der Waals surface area (Å²) >= 11 is 0. The highest BCUT2D eigenvalue weighted by Crippen LogP contribution is 2.09. The van der Waals surface area contributed by atoms with Gasteiger partial charge in [-0.1, -0.05) is 25.7 Å². The van der Waals surface area contributed by atoms with E-state index in [-0.39, 0.29) is 0 Å². The number of nitrogens with zero attached hydrogens (tertiary/aromatic N) is 1. The van der Waals surface area contributed by atoms with E-state index in [1.165, 1.54) is 38.5 Å². The second-order valence-electron chi connectivity index (χ2n) is 4.10. The fraction of sp³-hybridized carbons (Fsp3) is 0.615. The molecule has 0 fully saturated rings. The number of hydrogen-bond acceptors (Lipinski definition) is 2. The molecule has 0 saturated heterocycles. The summed E-state index contributed by atoms with van der Waals surface area (Å²) in [6.07, 6.45) is 16.5. The molecule has 16 heavy (non-hydrogen) atoms. The molecule has 0 spiro atoms. The van der Waals surface area contributed by atoms with Crippen molar-refractivity contribution in [2.45, 2.75) is 51.4 Å². The molecule has 0 aliphatic rings. The van der Waals surface area contributed by atoms with Crippen LogP contribution in [0, 0.1) is 12.3 Å². The Bertz CT molecular complexity index is 322. The quantitative estimate of drug-likeness (QED) is 0.522. The number of nitrogens with two attached hydrogens (primary N) is 1. The van der Waals surface area contributed by atoms with Crippen molar-refractivity contribution in [2.75, 3.05) is 5.73 Å². The minimum atomic E-state index is 0.518. The van der Waals surface area contributed by atoms with Gasteiger partial charge in [-0.25, -0.2) is 4.98 Å². The molecule has 0 radical (unpaired) electrons. The summed E-state index contributed by atoms with van der Waals surface area (Å²) in [5.74, 6) is 3.19. The third-order valence-electron chi connectivity index (χ3n) is 2.65. The number of hydrogen-bond donors (Lipinski definition) is 2. The summed E-state index contributed by atoms with van der Waals surface area (Å²) in [7, 11) is 0. The number of aromatic nitrogens is 2. The molecule has 3 heteroatoms. The first-order chi connectivity index (χ1) is 7.83. The zero-order valence-electron chi connectivity index (χ0n) is 9.84. The fourth-order valence-corrected chi connectivity index (χ4v) is 1.74. The smallest absolute Gasteiger partial charge is 0.197 e. The molecule has 0 amide bonds. The maximum Gasteiger partial charge on any atom is 0.197 e. The van der Waals surface area contributed by atoms with E-state index < -0.39 is 0 Å². The number of anilines is 1. The molecule has 0 bridgehead atoms. The topological polar surface area (TPSA) is 54.7 Å². The van der Waals surface area contributed by atoms with Crippen molar-refractivity contribution in [3.05, 3.63) is 11.9 Å². The zero-order valence-corrected chi connectivity index (χ0v) is 9.84. The van der Waals surface area contributed by atoms with Crippen LogP contribution >= 0.6 is 0 Å². The van der Waals surface area contributed by atoms with Gasteiger partial charge in [-0.05, 0) is 19.3 Å². The van der Waals surface area contributed by atoms with Crippen molar-refractivity contribution < 1.29 is 0 Å². The van der Waals surface area contributed by atoms with Crippen LogP contribution in [0.3, 0.4) is 0 Å². The van der Waals surface area contributed by atoms with E-state index >= 15 is 0 Å². The molecule has 1 rings (SSSR count). The molecule has 0 aliphatic carbocycles. The van der Waals surface area contributed by atoms with Gasteiger partial charge >= 0.3 is 0 Å². The maximum absolute atomic E-state index is 5.49. The fourth-order valence-electron chi connectivity index (χ4n) is 1.74. The number of rotatable bonds is 8. The highest BCUT2D eigenvalue weighted by atomic mass is 15.0. The summed E-state index contributed by atoms with van der Waals surface area (Å²) in [4.78, 5) is 7.06. The van der Waals surface area contributed by atoms with Gasteiger partial charge in [0.25, 0.3) is 0 Å². The monoisotopic (exact) mass is 219 g/mol. The van der Waals surface area contributed by atoms with Gasteiger partial charge in [-0.2, -0.15) is 0 Å². The van der Waals surface area contributed by atoms with Gasteiger partial charge in [-0.15, -0.1) is 12.3 Å². The normalized spacial score (nSPS) is 10.2. The van der Waals surface area contributed by atoms with Crippen LogP contribution in [0.4, 0.5) is 5.95 Å². The second-order valence-corrected chi connectivity index (χ2v) is 4.10. The predicted octanol–water partition coefficient (Wildman–Crippen LogP) is 2.90. The standard InChI is InChI=1S/C13H21N3/c1-2-3-4-5-6-7-8-9-10-12-11-15-13(14)16-12/h1,11H,3-10H2,(H3,14,15,16). The van der Waals surface area contributed by atoms with E-state index in [2.05, 4.69) is 15.9 Å². The highest BCUT2D eigenvalue weighted by Gasteiger charge is 1.97. The van der Waals surface area contributed by atoms with E-state index in [0.717, 1.165) is 18.5 Å². The van der Waals surface area contributed by atoms with Gasteiger partial charge in [0.15, 0.2) is 5.95 Å². The van der Waals surface area contributed by atoms with Crippen molar-refractivity contribution in [3.63, 3.8) is 0 Å². The molecule has 0 aliphatic heterocycles. The number of terminal acetylenes is 1. The van der Waals surface area contributed by atoms with Gasteiger partial charge in [0.1, 0.15) is 0 Å². The van der Waals surface area contributed by atoms with Gasteiger partial charge in [0.2, 0.25) is 0 Å². The number of nitrogen functional groups attached to an aromatic ring is 1. The molecule has 0 aromatic carbocycles. The van der Waals surface area contributed by atoms with Gasteiger partial charge in [0.05, 0.1) is 5.69 Å². The largest absolute Gasteiger partial charge is 0.369 e. The lowest BCUT2D eigenvalue weighted by atomic mass is 10.1. The summed E-state index contributed by atoms with van der Waals surface area (Å²) in [6.45, 7) is 0. The van der Waals surface area contributed by atoms with Crippen molar-refractivity contribution in [1.29, 1.82) is 0 Å². The van der Waals surface area contributed by atoms with E-state index in [9.17, 15) is 0 Å². The number of nitrogens with one attached hydrogen (secondary N) is 1. The number of H-pyrrole nitrogens is 1. The van der Waals surface area contributed by atoms with Crippen LogP contribution < -0.4 is 5.73 Å².